The van der Waals surface area contributed by atoms with E-state index in [1.807, 2.05) is 0 Å². The minimum absolute atomic E-state index is 0.560. The Morgan fingerprint density at radius 1 is 1.20 bits per heavy atom. The zero-order valence-electron chi connectivity index (χ0n) is 13.2. The average molecular weight is 278 g/mol. The minimum atomic E-state index is 0.560. The molecule has 0 bridgehead atoms. The first kappa shape index (κ1) is 15.6. The fourth-order valence-corrected chi connectivity index (χ4v) is 2.99. The average Bonchev–Trinajstić information content (AvgIpc) is 2.77. The van der Waals surface area contributed by atoms with Crippen LogP contribution in [0.3, 0.4) is 0 Å². The molecule has 0 saturated heterocycles. The molecule has 1 aliphatic carbocycles. The third-order valence-corrected chi connectivity index (χ3v) is 4.04. The van der Waals surface area contributed by atoms with Crippen LogP contribution in [0.25, 0.3) is 0 Å². The number of rotatable bonds is 8. The Balaban J connectivity index is 1.97. The molecule has 0 amide bonds. The van der Waals surface area contributed by atoms with Crippen LogP contribution >= 0.6 is 0 Å². The maximum absolute atomic E-state index is 5.60. The number of hydrogen-bond acceptors (Lipinski definition) is 2. The van der Waals surface area contributed by atoms with Gasteiger partial charge in [-0.3, -0.25) is 0 Å². The summed E-state index contributed by atoms with van der Waals surface area (Å²) >= 11 is 0. The Bertz CT molecular complexity index is 386. The van der Waals surface area contributed by atoms with Crippen molar-refractivity contribution < 1.29 is 4.74 Å². The van der Waals surface area contributed by atoms with Crippen LogP contribution in [0.15, 0.2) is 12.4 Å². The lowest BCUT2D eigenvalue weighted by molar-refractivity contribution is 0.127. The Morgan fingerprint density at radius 2 is 2.10 bits per heavy atom. The standard InChI is InChI=1S/C17H30N2O/c1-3-9-18-17-8-6-5-7-15-13-19(14-16(15)17)10-12-20-11-4-2/h13-14,17-18H,3-12H2,1-2H3. The van der Waals surface area contributed by atoms with Gasteiger partial charge in [0.1, 0.15) is 0 Å². The molecule has 0 aromatic carbocycles. The molecule has 0 saturated carbocycles. The molecule has 0 spiro atoms. The summed E-state index contributed by atoms with van der Waals surface area (Å²) in [6, 6.07) is 0.560. The van der Waals surface area contributed by atoms with Gasteiger partial charge in [0.2, 0.25) is 0 Å². The van der Waals surface area contributed by atoms with Gasteiger partial charge in [0.25, 0.3) is 0 Å². The van der Waals surface area contributed by atoms with E-state index in [0.29, 0.717) is 6.04 Å². The maximum Gasteiger partial charge on any atom is 0.0645 e. The molecule has 1 N–H and O–H groups in total. The fraction of sp³-hybridized carbons (Fsp3) is 0.765. The topological polar surface area (TPSA) is 26.2 Å². The molecule has 3 heteroatoms. The first-order chi connectivity index (χ1) is 9.85. The second-order valence-electron chi connectivity index (χ2n) is 5.84. The van der Waals surface area contributed by atoms with Gasteiger partial charge >= 0.3 is 0 Å². The van der Waals surface area contributed by atoms with Crippen molar-refractivity contribution in [3.8, 4) is 0 Å². The molecule has 1 aromatic rings. The third kappa shape index (κ3) is 4.35. The summed E-state index contributed by atoms with van der Waals surface area (Å²) in [6.07, 6.45) is 12.2. The molecule has 20 heavy (non-hydrogen) atoms. The van der Waals surface area contributed by atoms with Gasteiger partial charge in [-0.2, -0.15) is 0 Å². The molecule has 0 fully saturated rings. The number of nitrogens with zero attached hydrogens (tertiary/aromatic N) is 1. The summed E-state index contributed by atoms with van der Waals surface area (Å²) in [7, 11) is 0. The van der Waals surface area contributed by atoms with Crippen molar-refractivity contribution in [2.24, 2.45) is 0 Å². The molecule has 3 nitrogen and oxygen atoms in total. The second-order valence-corrected chi connectivity index (χ2v) is 5.84. The lowest BCUT2D eigenvalue weighted by Crippen LogP contribution is -2.21. The quantitative estimate of drug-likeness (QED) is 0.580. The van der Waals surface area contributed by atoms with Gasteiger partial charge in [0, 0.05) is 31.6 Å². The van der Waals surface area contributed by atoms with E-state index in [1.165, 1.54) is 37.7 Å². The number of nitrogens with one attached hydrogen (secondary N) is 1. The zero-order chi connectivity index (χ0) is 14.2. The van der Waals surface area contributed by atoms with E-state index in [4.69, 9.17) is 4.74 Å². The SMILES string of the molecule is CCCNC1CCCCc2cn(CCOCCC)cc21. The summed E-state index contributed by atoms with van der Waals surface area (Å²) in [5, 5.41) is 3.71. The van der Waals surface area contributed by atoms with Gasteiger partial charge in [-0.05, 0) is 49.8 Å². The van der Waals surface area contributed by atoms with E-state index in [-0.39, 0.29) is 0 Å². The lowest BCUT2D eigenvalue weighted by atomic mass is 10.0. The normalized spacial score (nSPS) is 18.8. The Labute approximate surface area is 123 Å². The second kappa shape index (κ2) is 8.48. The molecule has 114 valence electrons. The monoisotopic (exact) mass is 278 g/mol. The van der Waals surface area contributed by atoms with Crippen LogP contribution in [0.2, 0.25) is 0 Å². The van der Waals surface area contributed by atoms with Gasteiger partial charge < -0.3 is 14.6 Å². The smallest absolute Gasteiger partial charge is 0.0645 e. The summed E-state index contributed by atoms with van der Waals surface area (Å²) in [4.78, 5) is 0. The highest BCUT2D eigenvalue weighted by molar-refractivity contribution is 5.29. The van der Waals surface area contributed by atoms with Crippen molar-refractivity contribution in [2.45, 2.75) is 65.0 Å². The summed E-state index contributed by atoms with van der Waals surface area (Å²) in [5.41, 5.74) is 3.08. The van der Waals surface area contributed by atoms with E-state index in [1.54, 1.807) is 5.56 Å². The van der Waals surface area contributed by atoms with E-state index in [0.717, 1.165) is 32.7 Å². The largest absolute Gasteiger partial charge is 0.380 e. The van der Waals surface area contributed by atoms with Crippen LogP contribution in [0.1, 0.15) is 63.1 Å². The minimum Gasteiger partial charge on any atom is -0.380 e. The van der Waals surface area contributed by atoms with Crippen molar-refractivity contribution in [1.82, 2.24) is 9.88 Å². The first-order valence-electron chi connectivity index (χ1n) is 8.34. The van der Waals surface area contributed by atoms with E-state index in [9.17, 15) is 0 Å². The molecule has 1 atom stereocenters. The summed E-state index contributed by atoms with van der Waals surface area (Å²) in [5.74, 6) is 0. The first-order valence-corrected chi connectivity index (χ1v) is 8.34. The molecule has 1 aromatic heterocycles. The van der Waals surface area contributed by atoms with Crippen LogP contribution in [-0.4, -0.2) is 24.3 Å². The molecule has 2 rings (SSSR count). The third-order valence-electron chi connectivity index (χ3n) is 4.04. The molecule has 0 aliphatic heterocycles. The van der Waals surface area contributed by atoms with E-state index in [2.05, 4.69) is 36.1 Å². The lowest BCUT2D eigenvalue weighted by Gasteiger charge is -2.16. The highest BCUT2D eigenvalue weighted by Crippen LogP contribution is 2.29. The van der Waals surface area contributed by atoms with Crippen LogP contribution in [-0.2, 0) is 17.7 Å². The maximum atomic E-state index is 5.60. The fourth-order valence-electron chi connectivity index (χ4n) is 2.99. The predicted molar refractivity (Wildman–Crippen MR) is 84.1 cm³/mol. The molecule has 0 radical (unpaired) electrons. The van der Waals surface area contributed by atoms with E-state index >= 15 is 0 Å². The zero-order valence-corrected chi connectivity index (χ0v) is 13.2. The van der Waals surface area contributed by atoms with Crippen molar-refractivity contribution in [3.05, 3.63) is 23.5 Å². The number of fused-ring (bicyclic) bond motifs is 1. The molecule has 1 heterocycles. The molecular formula is C17H30N2O. The number of aromatic nitrogens is 1. The number of hydrogen-bond donors (Lipinski definition) is 1. The molecule has 1 aliphatic rings. The van der Waals surface area contributed by atoms with Crippen molar-refractivity contribution in [2.75, 3.05) is 19.8 Å². The van der Waals surface area contributed by atoms with Crippen molar-refractivity contribution >= 4 is 0 Å². The van der Waals surface area contributed by atoms with Crippen LogP contribution < -0.4 is 5.32 Å². The van der Waals surface area contributed by atoms with Crippen molar-refractivity contribution in [3.63, 3.8) is 0 Å². The Kier molecular flexibility index (Phi) is 6.61. The summed E-state index contributed by atoms with van der Waals surface area (Å²) < 4.78 is 7.92. The van der Waals surface area contributed by atoms with Crippen LogP contribution in [0.5, 0.6) is 0 Å². The Morgan fingerprint density at radius 3 is 2.90 bits per heavy atom. The van der Waals surface area contributed by atoms with Gasteiger partial charge in [-0.25, -0.2) is 0 Å². The molecular weight excluding hydrogens is 248 g/mol. The summed E-state index contributed by atoms with van der Waals surface area (Å²) in [6.45, 7) is 8.20. The Hall–Kier alpha value is -0.800. The highest BCUT2D eigenvalue weighted by atomic mass is 16.5. The predicted octanol–water partition coefficient (Wildman–Crippen LogP) is 3.68. The van der Waals surface area contributed by atoms with Gasteiger partial charge in [0.15, 0.2) is 0 Å². The highest BCUT2D eigenvalue weighted by Gasteiger charge is 2.19. The van der Waals surface area contributed by atoms with Crippen molar-refractivity contribution in [1.29, 1.82) is 0 Å². The number of aryl methyl sites for hydroxylation is 1. The molecule has 1 unspecified atom stereocenters. The van der Waals surface area contributed by atoms with Gasteiger partial charge in [-0.1, -0.05) is 20.3 Å². The van der Waals surface area contributed by atoms with Gasteiger partial charge in [-0.15, -0.1) is 0 Å². The number of ether oxygens (including phenoxy) is 1. The van der Waals surface area contributed by atoms with Crippen LogP contribution in [0, 0.1) is 0 Å². The van der Waals surface area contributed by atoms with Crippen LogP contribution in [0.4, 0.5) is 0 Å². The van der Waals surface area contributed by atoms with E-state index < -0.39 is 0 Å². The van der Waals surface area contributed by atoms with Gasteiger partial charge in [0.05, 0.1) is 6.61 Å².